The summed E-state index contributed by atoms with van der Waals surface area (Å²) in [6, 6.07) is 5.07. The summed E-state index contributed by atoms with van der Waals surface area (Å²) in [4.78, 5) is 56.8. The quantitative estimate of drug-likeness (QED) is 0.279. The van der Waals surface area contributed by atoms with Crippen LogP contribution in [-0.4, -0.2) is 55.6 Å². The number of aromatic nitrogens is 3. The number of aliphatic carboxylic acids is 2. The topological polar surface area (TPSA) is 191 Å². The maximum atomic E-state index is 12.4. The molecule has 11 nitrogen and oxygen atoms in total. The molecule has 2 atom stereocenters. The van der Waals surface area contributed by atoms with E-state index in [1.54, 1.807) is 25.3 Å². The Hall–Kier alpha value is -3.99. The van der Waals surface area contributed by atoms with Crippen LogP contribution in [0.1, 0.15) is 46.1 Å². The monoisotopic (exact) mass is 441 g/mol. The van der Waals surface area contributed by atoms with Crippen LogP contribution >= 0.6 is 0 Å². The first-order chi connectivity index (χ1) is 15.2. The second kappa shape index (κ2) is 9.43. The molecule has 3 aromatic rings. The Morgan fingerprint density at radius 3 is 2.47 bits per heavy atom. The molecule has 168 valence electrons. The summed E-state index contributed by atoms with van der Waals surface area (Å²) in [7, 11) is 0. The van der Waals surface area contributed by atoms with Crippen molar-refractivity contribution in [3.8, 4) is 0 Å². The zero-order valence-electron chi connectivity index (χ0n) is 17.2. The van der Waals surface area contributed by atoms with Crippen molar-refractivity contribution < 1.29 is 24.6 Å². The van der Waals surface area contributed by atoms with Crippen LogP contribution in [0.2, 0.25) is 0 Å². The van der Waals surface area contributed by atoms with Crippen LogP contribution in [0.3, 0.4) is 0 Å². The van der Waals surface area contributed by atoms with E-state index in [4.69, 9.17) is 10.8 Å². The average Bonchev–Trinajstić information content (AvgIpc) is 3.15. The SMILES string of the molecule is Cc1nc2[nH]cc(C(CN)c3ccc(C(=O)N[C@@H](CCC(=O)O)C(=O)O)cc3)c2c(=O)[nH]1. The molecule has 11 heteroatoms. The molecular weight excluding hydrogens is 418 g/mol. The maximum absolute atomic E-state index is 12.4. The van der Waals surface area contributed by atoms with Gasteiger partial charge in [0.25, 0.3) is 11.5 Å². The fraction of sp³-hybridized carbons (Fsp3) is 0.286. The van der Waals surface area contributed by atoms with E-state index in [9.17, 15) is 24.3 Å². The van der Waals surface area contributed by atoms with Crippen LogP contribution in [-0.2, 0) is 9.59 Å². The third-order valence-corrected chi connectivity index (χ3v) is 5.13. The van der Waals surface area contributed by atoms with Gasteiger partial charge in [0.05, 0.1) is 5.39 Å². The molecule has 1 unspecified atom stereocenters. The standard InChI is InChI=1S/C21H23N5O6/c1-10-24-18-17(20(30)25-10)14(9-23-18)13(8-22)11-2-4-12(5-3-11)19(29)26-15(21(31)32)6-7-16(27)28/h2-5,9,13,15H,6-8,22H2,1H3,(H,26,29)(H,27,28)(H,31,32)(H2,23,24,25,30)/t13?,15-/m0/s1. The Bertz CT molecular complexity index is 1210. The predicted octanol–water partition coefficient (Wildman–Crippen LogP) is 0.698. The second-order valence-corrected chi connectivity index (χ2v) is 7.33. The van der Waals surface area contributed by atoms with Crippen molar-refractivity contribution in [2.45, 2.75) is 31.7 Å². The van der Waals surface area contributed by atoms with Gasteiger partial charge in [-0.1, -0.05) is 12.1 Å². The molecule has 3 rings (SSSR count). The first-order valence-corrected chi connectivity index (χ1v) is 9.84. The Balaban J connectivity index is 1.82. The molecule has 7 N–H and O–H groups in total. The van der Waals surface area contributed by atoms with Crippen molar-refractivity contribution in [2.24, 2.45) is 5.73 Å². The van der Waals surface area contributed by atoms with Gasteiger partial charge >= 0.3 is 11.9 Å². The minimum atomic E-state index is -1.32. The summed E-state index contributed by atoms with van der Waals surface area (Å²) in [5.41, 5.74) is 7.80. The number of H-pyrrole nitrogens is 2. The van der Waals surface area contributed by atoms with Crippen LogP contribution in [0.15, 0.2) is 35.3 Å². The summed E-state index contributed by atoms with van der Waals surface area (Å²) in [6.45, 7) is 1.88. The number of carbonyl (C=O) groups is 3. The highest BCUT2D eigenvalue weighted by atomic mass is 16.4. The van der Waals surface area contributed by atoms with E-state index in [-0.39, 0.29) is 36.4 Å². The van der Waals surface area contributed by atoms with E-state index in [2.05, 4.69) is 20.3 Å². The molecule has 32 heavy (non-hydrogen) atoms. The summed E-state index contributed by atoms with van der Waals surface area (Å²) in [6.07, 6.45) is 1.07. The lowest BCUT2D eigenvalue weighted by atomic mass is 9.91. The number of rotatable bonds is 9. The lowest BCUT2D eigenvalue weighted by Gasteiger charge is -2.16. The number of nitrogens with zero attached hydrogens (tertiary/aromatic N) is 1. The van der Waals surface area contributed by atoms with Gasteiger partial charge in [0, 0.05) is 30.6 Å². The highest BCUT2D eigenvalue weighted by Gasteiger charge is 2.23. The number of nitrogens with one attached hydrogen (secondary N) is 3. The molecule has 0 bridgehead atoms. The number of amides is 1. The van der Waals surface area contributed by atoms with E-state index in [0.717, 1.165) is 5.56 Å². The fourth-order valence-electron chi connectivity index (χ4n) is 3.53. The zero-order valence-corrected chi connectivity index (χ0v) is 17.2. The molecule has 0 fully saturated rings. The number of aryl methyl sites for hydroxylation is 1. The van der Waals surface area contributed by atoms with Crippen LogP contribution in [0.4, 0.5) is 0 Å². The van der Waals surface area contributed by atoms with E-state index in [1.807, 2.05) is 0 Å². The molecule has 0 aliphatic heterocycles. The van der Waals surface area contributed by atoms with Crippen LogP contribution in [0, 0.1) is 6.92 Å². The summed E-state index contributed by atoms with van der Waals surface area (Å²) >= 11 is 0. The molecule has 2 aromatic heterocycles. The minimum Gasteiger partial charge on any atom is -0.481 e. The number of fused-ring (bicyclic) bond motifs is 1. The third-order valence-electron chi connectivity index (χ3n) is 5.13. The van der Waals surface area contributed by atoms with E-state index < -0.39 is 23.9 Å². The minimum absolute atomic E-state index is 0.197. The molecule has 0 saturated carbocycles. The second-order valence-electron chi connectivity index (χ2n) is 7.33. The Labute approximate surface area is 181 Å². The molecule has 0 saturated heterocycles. The van der Waals surface area contributed by atoms with Gasteiger partial charge in [-0.15, -0.1) is 0 Å². The molecule has 0 spiro atoms. The van der Waals surface area contributed by atoms with Crippen LogP contribution in [0.5, 0.6) is 0 Å². The fourth-order valence-corrected chi connectivity index (χ4v) is 3.53. The average molecular weight is 441 g/mol. The van der Waals surface area contributed by atoms with Crippen molar-refractivity contribution in [1.82, 2.24) is 20.3 Å². The summed E-state index contributed by atoms with van der Waals surface area (Å²) < 4.78 is 0. The third kappa shape index (κ3) is 4.83. The Kier molecular flexibility index (Phi) is 6.69. The Morgan fingerprint density at radius 1 is 1.19 bits per heavy atom. The lowest BCUT2D eigenvalue weighted by molar-refractivity contribution is -0.140. The highest BCUT2D eigenvalue weighted by molar-refractivity contribution is 5.96. The number of carbonyl (C=O) groups excluding carboxylic acids is 1. The van der Waals surface area contributed by atoms with Crippen molar-refractivity contribution in [3.63, 3.8) is 0 Å². The van der Waals surface area contributed by atoms with Crippen molar-refractivity contribution in [3.05, 3.63) is 63.3 Å². The van der Waals surface area contributed by atoms with E-state index in [0.29, 0.717) is 22.4 Å². The maximum Gasteiger partial charge on any atom is 0.326 e. The number of carboxylic acids is 2. The lowest BCUT2D eigenvalue weighted by Crippen LogP contribution is -2.41. The van der Waals surface area contributed by atoms with Gasteiger partial charge in [0.1, 0.15) is 17.5 Å². The van der Waals surface area contributed by atoms with E-state index in [1.165, 1.54) is 12.1 Å². The van der Waals surface area contributed by atoms with E-state index >= 15 is 0 Å². The Morgan fingerprint density at radius 2 is 1.88 bits per heavy atom. The molecular formula is C21H23N5O6. The summed E-state index contributed by atoms with van der Waals surface area (Å²) in [5.74, 6) is -2.95. The van der Waals surface area contributed by atoms with Crippen molar-refractivity contribution in [1.29, 1.82) is 0 Å². The first-order valence-electron chi connectivity index (χ1n) is 9.84. The molecule has 0 radical (unpaired) electrons. The number of aromatic amines is 2. The zero-order chi connectivity index (χ0) is 23.4. The number of hydrogen-bond donors (Lipinski definition) is 6. The number of benzene rings is 1. The molecule has 2 heterocycles. The number of hydrogen-bond acceptors (Lipinski definition) is 6. The molecule has 0 aliphatic rings. The van der Waals surface area contributed by atoms with Gasteiger partial charge < -0.3 is 31.2 Å². The van der Waals surface area contributed by atoms with Crippen molar-refractivity contribution >= 4 is 28.9 Å². The smallest absolute Gasteiger partial charge is 0.326 e. The van der Waals surface area contributed by atoms with Gasteiger partial charge in [-0.3, -0.25) is 14.4 Å². The molecule has 1 amide bonds. The van der Waals surface area contributed by atoms with Crippen LogP contribution < -0.4 is 16.6 Å². The van der Waals surface area contributed by atoms with Gasteiger partial charge in [-0.05, 0) is 36.6 Å². The largest absolute Gasteiger partial charge is 0.481 e. The van der Waals surface area contributed by atoms with Gasteiger partial charge in [0.15, 0.2) is 0 Å². The number of nitrogens with two attached hydrogens (primary N) is 1. The molecule has 1 aromatic carbocycles. The van der Waals surface area contributed by atoms with Crippen LogP contribution in [0.25, 0.3) is 11.0 Å². The highest BCUT2D eigenvalue weighted by Crippen LogP contribution is 2.28. The molecule has 0 aliphatic carbocycles. The van der Waals surface area contributed by atoms with Gasteiger partial charge in [-0.25, -0.2) is 9.78 Å². The predicted molar refractivity (Wildman–Crippen MR) is 115 cm³/mol. The first kappa shape index (κ1) is 22.7. The van der Waals surface area contributed by atoms with Crippen molar-refractivity contribution in [2.75, 3.05) is 6.54 Å². The summed E-state index contributed by atoms with van der Waals surface area (Å²) in [5, 5.41) is 20.7. The number of carboxylic acid groups (broad SMARTS) is 2. The van der Waals surface area contributed by atoms with Gasteiger partial charge in [0.2, 0.25) is 0 Å². The normalized spacial score (nSPS) is 12.9. The van der Waals surface area contributed by atoms with Gasteiger partial charge in [-0.2, -0.15) is 0 Å².